The Hall–Kier alpha value is -1.40. The van der Waals surface area contributed by atoms with Gasteiger partial charge >= 0.3 is 0 Å². The maximum atomic E-state index is 12.9. The van der Waals surface area contributed by atoms with Gasteiger partial charge in [0.2, 0.25) is 15.9 Å². The first-order valence-electron chi connectivity index (χ1n) is 10.0. The van der Waals surface area contributed by atoms with Crippen molar-refractivity contribution in [1.29, 1.82) is 0 Å². The van der Waals surface area contributed by atoms with Crippen molar-refractivity contribution in [1.82, 2.24) is 9.62 Å². The lowest BCUT2D eigenvalue weighted by Gasteiger charge is -2.31. The number of nitrogens with one attached hydrogen (secondary N) is 1. The van der Waals surface area contributed by atoms with Crippen molar-refractivity contribution < 1.29 is 13.2 Å². The zero-order valence-electron chi connectivity index (χ0n) is 17.3. The van der Waals surface area contributed by atoms with Crippen molar-refractivity contribution in [2.24, 2.45) is 5.92 Å². The maximum absolute atomic E-state index is 12.9. The molecule has 0 aromatic heterocycles. The smallest absolute Gasteiger partial charge is 0.243 e. The summed E-state index contributed by atoms with van der Waals surface area (Å²) >= 11 is 0. The third-order valence-electron chi connectivity index (χ3n) is 5.51. The Labute approximate surface area is 164 Å². The molecule has 2 rings (SSSR count). The van der Waals surface area contributed by atoms with Crippen molar-refractivity contribution >= 4 is 15.9 Å². The highest BCUT2D eigenvalue weighted by atomic mass is 32.2. The normalized spacial score (nSPS) is 17.3. The number of carbonyl (C=O) groups excluding carboxylic acids is 1. The monoisotopic (exact) mass is 394 g/mol. The minimum Gasteiger partial charge on any atom is -0.353 e. The summed E-state index contributed by atoms with van der Waals surface area (Å²) in [6, 6.07) is 7.38. The first kappa shape index (κ1) is 21.9. The van der Waals surface area contributed by atoms with Crippen LogP contribution in [-0.2, 0) is 20.2 Å². The highest BCUT2D eigenvalue weighted by Crippen LogP contribution is 2.27. The van der Waals surface area contributed by atoms with Gasteiger partial charge in [-0.1, -0.05) is 46.8 Å². The first-order chi connectivity index (χ1) is 12.6. The second-order valence-corrected chi connectivity index (χ2v) is 10.4. The van der Waals surface area contributed by atoms with Gasteiger partial charge in [0.25, 0.3) is 0 Å². The van der Waals surface area contributed by atoms with Gasteiger partial charge < -0.3 is 5.32 Å². The highest BCUT2D eigenvalue weighted by molar-refractivity contribution is 7.89. The Morgan fingerprint density at radius 1 is 1.11 bits per heavy atom. The van der Waals surface area contributed by atoms with Gasteiger partial charge in [-0.25, -0.2) is 8.42 Å². The van der Waals surface area contributed by atoms with Crippen molar-refractivity contribution in [3.05, 3.63) is 29.8 Å². The Morgan fingerprint density at radius 3 is 2.07 bits per heavy atom. The molecule has 1 aliphatic heterocycles. The van der Waals surface area contributed by atoms with Gasteiger partial charge in [-0.05, 0) is 48.8 Å². The molecule has 1 N–H and O–H groups in total. The number of nitrogens with zero attached hydrogens (tertiary/aromatic N) is 1. The minimum atomic E-state index is -3.50. The quantitative estimate of drug-likeness (QED) is 0.800. The summed E-state index contributed by atoms with van der Waals surface area (Å²) in [4.78, 5) is 12.7. The van der Waals surface area contributed by atoms with Crippen LogP contribution >= 0.6 is 0 Å². The van der Waals surface area contributed by atoms with Gasteiger partial charge in [0.05, 0.1) is 4.90 Å². The molecular weight excluding hydrogens is 360 g/mol. The van der Waals surface area contributed by atoms with Crippen LogP contribution in [0.4, 0.5) is 0 Å². The van der Waals surface area contributed by atoms with Crippen LogP contribution in [-0.4, -0.2) is 37.8 Å². The fourth-order valence-electron chi connectivity index (χ4n) is 3.45. The molecule has 1 amide bonds. The van der Waals surface area contributed by atoms with Crippen molar-refractivity contribution in [3.63, 3.8) is 0 Å². The molecule has 1 aliphatic rings. The number of carbonyl (C=O) groups is 1. The Morgan fingerprint density at radius 2 is 1.63 bits per heavy atom. The van der Waals surface area contributed by atoms with E-state index >= 15 is 0 Å². The summed E-state index contributed by atoms with van der Waals surface area (Å²) in [7, 11) is -3.50. The summed E-state index contributed by atoms with van der Waals surface area (Å²) in [5.41, 5.74) is 1.10. The Balaban J connectivity index is 2.01. The van der Waals surface area contributed by atoms with E-state index in [0.717, 1.165) is 18.4 Å². The maximum Gasteiger partial charge on any atom is 0.243 e. The van der Waals surface area contributed by atoms with E-state index in [1.54, 1.807) is 12.1 Å². The van der Waals surface area contributed by atoms with Gasteiger partial charge in [0, 0.05) is 25.0 Å². The van der Waals surface area contributed by atoms with Crippen molar-refractivity contribution in [3.8, 4) is 0 Å². The van der Waals surface area contributed by atoms with Crippen LogP contribution in [0.25, 0.3) is 0 Å². The van der Waals surface area contributed by atoms with E-state index in [9.17, 15) is 13.2 Å². The Bertz CT molecular complexity index is 724. The molecule has 1 aromatic carbocycles. The van der Waals surface area contributed by atoms with Crippen LogP contribution in [0.15, 0.2) is 29.2 Å². The molecule has 27 heavy (non-hydrogen) atoms. The van der Waals surface area contributed by atoms with Crippen LogP contribution < -0.4 is 5.32 Å². The van der Waals surface area contributed by atoms with Crippen molar-refractivity contribution in [2.45, 2.75) is 76.7 Å². The number of piperidine rings is 1. The largest absolute Gasteiger partial charge is 0.353 e. The molecule has 0 bridgehead atoms. The second kappa shape index (κ2) is 8.74. The van der Waals surface area contributed by atoms with E-state index in [4.69, 9.17) is 0 Å². The molecule has 0 aliphatic carbocycles. The third kappa shape index (κ3) is 5.32. The van der Waals surface area contributed by atoms with E-state index < -0.39 is 10.0 Å². The number of hydrogen-bond acceptors (Lipinski definition) is 3. The minimum absolute atomic E-state index is 0.0111. The summed E-state index contributed by atoms with van der Waals surface area (Å²) in [5.74, 6) is -0.0319. The molecule has 0 unspecified atom stereocenters. The molecule has 0 radical (unpaired) electrons. The van der Waals surface area contributed by atoms with E-state index in [2.05, 4.69) is 39.9 Å². The SMILES string of the molecule is CCC(CC)NC(=O)C1CCN(S(=O)(=O)c2ccc(C(C)(C)C)cc2)CC1. The van der Waals surface area contributed by atoms with E-state index in [1.165, 1.54) is 4.31 Å². The van der Waals surface area contributed by atoms with Gasteiger partial charge in [0.1, 0.15) is 0 Å². The molecule has 152 valence electrons. The molecule has 6 heteroatoms. The average molecular weight is 395 g/mol. The fraction of sp³-hybridized carbons (Fsp3) is 0.667. The summed E-state index contributed by atoms with van der Waals surface area (Å²) in [6.45, 7) is 11.2. The van der Waals surface area contributed by atoms with Crippen LogP contribution in [0, 0.1) is 5.92 Å². The summed E-state index contributed by atoms with van der Waals surface area (Å²) < 4.78 is 27.4. The molecule has 0 atom stereocenters. The number of amides is 1. The lowest BCUT2D eigenvalue weighted by molar-refractivity contribution is -0.126. The zero-order chi connectivity index (χ0) is 20.2. The first-order valence-corrected chi connectivity index (χ1v) is 11.4. The van der Waals surface area contributed by atoms with Crippen LogP contribution in [0.2, 0.25) is 0 Å². The average Bonchev–Trinajstić information content (AvgIpc) is 2.65. The lowest BCUT2D eigenvalue weighted by atomic mass is 9.87. The number of sulfonamides is 1. The second-order valence-electron chi connectivity index (χ2n) is 8.47. The molecule has 0 spiro atoms. The molecule has 1 saturated heterocycles. The Kier molecular flexibility index (Phi) is 7.09. The number of hydrogen-bond donors (Lipinski definition) is 1. The third-order valence-corrected chi connectivity index (χ3v) is 7.43. The lowest BCUT2D eigenvalue weighted by Crippen LogP contribution is -2.45. The standard InChI is InChI=1S/C21H34N2O3S/c1-6-18(7-2)22-20(24)16-12-14-23(15-13-16)27(25,26)19-10-8-17(9-11-19)21(3,4)5/h8-11,16,18H,6-7,12-15H2,1-5H3,(H,22,24). The molecule has 1 fully saturated rings. The molecule has 1 aromatic rings. The zero-order valence-corrected chi connectivity index (χ0v) is 18.1. The van der Waals surface area contributed by atoms with Gasteiger partial charge in [0.15, 0.2) is 0 Å². The molecule has 0 saturated carbocycles. The summed E-state index contributed by atoms with van der Waals surface area (Å²) in [6.07, 6.45) is 2.98. The van der Waals surface area contributed by atoms with E-state index in [0.29, 0.717) is 30.8 Å². The number of rotatable bonds is 6. The molecular formula is C21H34N2O3S. The van der Waals surface area contributed by atoms with Gasteiger partial charge in [-0.2, -0.15) is 4.31 Å². The van der Waals surface area contributed by atoms with Gasteiger partial charge in [-0.3, -0.25) is 4.79 Å². The predicted octanol–water partition coefficient (Wildman–Crippen LogP) is 3.69. The number of benzene rings is 1. The topological polar surface area (TPSA) is 66.5 Å². The van der Waals surface area contributed by atoms with Crippen LogP contribution in [0.3, 0.4) is 0 Å². The van der Waals surface area contributed by atoms with Crippen LogP contribution in [0.5, 0.6) is 0 Å². The fourth-order valence-corrected chi connectivity index (χ4v) is 4.92. The highest BCUT2D eigenvalue weighted by Gasteiger charge is 2.32. The predicted molar refractivity (Wildman–Crippen MR) is 109 cm³/mol. The van der Waals surface area contributed by atoms with Crippen LogP contribution in [0.1, 0.15) is 65.9 Å². The van der Waals surface area contributed by atoms with Gasteiger partial charge in [-0.15, -0.1) is 0 Å². The molecule has 5 nitrogen and oxygen atoms in total. The van der Waals surface area contributed by atoms with Crippen molar-refractivity contribution in [2.75, 3.05) is 13.1 Å². The van der Waals surface area contributed by atoms with E-state index in [1.807, 2.05) is 12.1 Å². The summed E-state index contributed by atoms with van der Waals surface area (Å²) in [5, 5.41) is 3.08. The molecule has 1 heterocycles. The van der Waals surface area contributed by atoms with E-state index in [-0.39, 0.29) is 23.3 Å².